The zero-order valence-corrected chi connectivity index (χ0v) is 11.1. The Morgan fingerprint density at radius 3 is 2.78 bits per heavy atom. The fourth-order valence-corrected chi connectivity index (χ4v) is 2.14. The number of aliphatic hydroxyl groups is 1. The fraction of sp³-hybridized carbons (Fsp3) is 0.571. The molecule has 1 unspecified atom stereocenters. The van der Waals surface area contributed by atoms with Crippen LogP contribution in [0.1, 0.15) is 31.1 Å². The largest absolute Gasteiger partial charge is 0.496 e. The highest BCUT2D eigenvalue weighted by molar-refractivity contribution is 5.38. The Labute approximate surface area is 107 Å². The molecule has 4 nitrogen and oxygen atoms in total. The molecule has 1 aliphatic heterocycles. The average Bonchev–Trinajstić information content (AvgIpc) is 2.70. The summed E-state index contributed by atoms with van der Waals surface area (Å²) in [6.07, 6.45) is 0.536. The van der Waals surface area contributed by atoms with E-state index in [1.807, 2.05) is 32.0 Å². The molecular weight excluding hydrogens is 232 g/mol. The third-order valence-electron chi connectivity index (χ3n) is 3.07. The summed E-state index contributed by atoms with van der Waals surface area (Å²) < 4.78 is 16.7. The minimum absolute atomic E-state index is 0.0583. The molecular formula is C14H20O4. The molecule has 1 saturated heterocycles. The van der Waals surface area contributed by atoms with Crippen LogP contribution < -0.4 is 4.74 Å². The van der Waals surface area contributed by atoms with E-state index in [0.29, 0.717) is 13.0 Å². The van der Waals surface area contributed by atoms with Crippen LogP contribution in [-0.4, -0.2) is 31.2 Å². The molecule has 0 saturated carbocycles. The number of aliphatic hydroxyl groups excluding tert-OH is 1. The Bertz CT molecular complexity index is 414. The first kappa shape index (κ1) is 13.3. The first-order chi connectivity index (χ1) is 8.55. The lowest BCUT2D eigenvalue weighted by atomic mass is 10.0. The Morgan fingerprint density at radius 1 is 1.44 bits per heavy atom. The quantitative estimate of drug-likeness (QED) is 0.891. The van der Waals surface area contributed by atoms with Crippen molar-refractivity contribution in [2.45, 2.75) is 32.2 Å². The number of hydrogen-bond acceptors (Lipinski definition) is 4. The molecule has 1 atom stereocenters. The van der Waals surface area contributed by atoms with Gasteiger partial charge >= 0.3 is 0 Å². The molecule has 0 radical (unpaired) electrons. The molecule has 18 heavy (non-hydrogen) atoms. The Hall–Kier alpha value is -1.10. The van der Waals surface area contributed by atoms with Gasteiger partial charge in [0.05, 0.1) is 13.7 Å². The second-order valence-corrected chi connectivity index (χ2v) is 4.86. The van der Waals surface area contributed by atoms with E-state index in [1.165, 1.54) is 0 Å². The van der Waals surface area contributed by atoms with Crippen LogP contribution in [-0.2, 0) is 15.9 Å². The van der Waals surface area contributed by atoms with Crippen molar-refractivity contribution in [3.05, 3.63) is 29.3 Å². The highest BCUT2D eigenvalue weighted by Gasteiger charge is 2.33. The topological polar surface area (TPSA) is 47.9 Å². The monoisotopic (exact) mass is 252 g/mol. The van der Waals surface area contributed by atoms with Crippen molar-refractivity contribution in [1.29, 1.82) is 0 Å². The standard InChI is InChI=1S/C14H20O4/c1-14(2)17-9-13(18-14)11-5-4-10(6-7-15)12(8-11)16-3/h4-5,8,13,15H,6-7,9H2,1-3H3. The maximum atomic E-state index is 8.99. The average molecular weight is 252 g/mol. The van der Waals surface area contributed by atoms with Crippen LogP contribution in [0.3, 0.4) is 0 Å². The minimum atomic E-state index is -0.526. The summed E-state index contributed by atoms with van der Waals surface area (Å²) in [5.74, 6) is 0.261. The molecule has 1 heterocycles. The van der Waals surface area contributed by atoms with Gasteiger partial charge in [0.1, 0.15) is 11.9 Å². The lowest BCUT2D eigenvalue weighted by molar-refractivity contribution is -0.139. The van der Waals surface area contributed by atoms with Gasteiger partial charge in [0, 0.05) is 6.61 Å². The van der Waals surface area contributed by atoms with E-state index in [1.54, 1.807) is 7.11 Å². The Balaban J connectivity index is 2.20. The Kier molecular flexibility index (Phi) is 3.90. The summed E-state index contributed by atoms with van der Waals surface area (Å²) in [4.78, 5) is 0. The van der Waals surface area contributed by atoms with Crippen LogP contribution in [0, 0.1) is 0 Å². The number of methoxy groups -OCH3 is 1. The van der Waals surface area contributed by atoms with Gasteiger partial charge in [0.15, 0.2) is 5.79 Å². The molecule has 1 aromatic carbocycles. The van der Waals surface area contributed by atoms with Crippen molar-refractivity contribution < 1.29 is 19.3 Å². The summed E-state index contributed by atoms with van der Waals surface area (Å²) in [6.45, 7) is 4.48. The number of benzene rings is 1. The van der Waals surface area contributed by atoms with Gasteiger partial charge in [0.2, 0.25) is 0 Å². The molecule has 0 amide bonds. The molecule has 0 aromatic heterocycles. The zero-order valence-electron chi connectivity index (χ0n) is 11.1. The van der Waals surface area contributed by atoms with Gasteiger partial charge in [0.25, 0.3) is 0 Å². The van der Waals surface area contributed by atoms with E-state index in [9.17, 15) is 0 Å². The van der Waals surface area contributed by atoms with Gasteiger partial charge in [-0.2, -0.15) is 0 Å². The van der Waals surface area contributed by atoms with E-state index in [0.717, 1.165) is 16.9 Å². The molecule has 0 bridgehead atoms. The summed E-state index contributed by atoms with van der Waals surface area (Å²) >= 11 is 0. The summed E-state index contributed by atoms with van der Waals surface area (Å²) in [5, 5.41) is 8.99. The summed E-state index contributed by atoms with van der Waals surface area (Å²) in [7, 11) is 1.63. The Morgan fingerprint density at radius 2 is 2.22 bits per heavy atom. The number of rotatable bonds is 4. The third kappa shape index (κ3) is 2.83. The van der Waals surface area contributed by atoms with Gasteiger partial charge in [-0.15, -0.1) is 0 Å². The number of ether oxygens (including phenoxy) is 3. The predicted molar refractivity (Wildman–Crippen MR) is 67.6 cm³/mol. The van der Waals surface area contributed by atoms with Crippen molar-refractivity contribution in [1.82, 2.24) is 0 Å². The van der Waals surface area contributed by atoms with Crippen molar-refractivity contribution in [3.63, 3.8) is 0 Å². The molecule has 1 aliphatic rings. The number of hydrogen-bond donors (Lipinski definition) is 1. The van der Waals surface area contributed by atoms with Crippen LogP contribution in [0.25, 0.3) is 0 Å². The lowest BCUT2D eigenvalue weighted by Crippen LogP contribution is -2.19. The van der Waals surface area contributed by atoms with Gasteiger partial charge in [-0.1, -0.05) is 12.1 Å². The van der Waals surface area contributed by atoms with Gasteiger partial charge < -0.3 is 19.3 Å². The van der Waals surface area contributed by atoms with Crippen molar-refractivity contribution >= 4 is 0 Å². The van der Waals surface area contributed by atoms with Crippen molar-refractivity contribution in [2.75, 3.05) is 20.3 Å². The predicted octanol–water partition coefficient (Wildman–Crippen LogP) is 2.05. The smallest absolute Gasteiger partial charge is 0.163 e. The van der Waals surface area contributed by atoms with Gasteiger partial charge in [-0.3, -0.25) is 0 Å². The van der Waals surface area contributed by atoms with Crippen LogP contribution in [0.15, 0.2) is 18.2 Å². The fourth-order valence-electron chi connectivity index (χ4n) is 2.14. The molecule has 2 rings (SSSR count). The third-order valence-corrected chi connectivity index (χ3v) is 3.07. The van der Waals surface area contributed by atoms with Gasteiger partial charge in [-0.05, 0) is 37.5 Å². The van der Waals surface area contributed by atoms with Crippen molar-refractivity contribution in [2.24, 2.45) is 0 Å². The van der Waals surface area contributed by atoms with Crippen molar-refractivity contribution in [3.8, 4) is 5.75 Å². The van der Waals surface area contributed by atoms with Crippen LogP contribution in [0.4, 0.5) is 0 Å². The van der Waals surface area contributed by atoms with E-state index in [4.69, 9.17) is 19.3 Å². The first-order valence-electron chi connectivity index (χ1n) is 6.15. The van der Waals surface area contributed by atoms with E-state index in [2.05, 4.69) is 0 Å². The maximum absolute atomic E-state index is 8.99. The summed E-state index contributed by atoms with van der Waals surface area (Å²) in [5.41, 5.74) is 2.04. The van der Waals surface area contributed by atoms with Crippen LogP contribution >= 0.6 is 0 Å². The molecule has 4 heteroatoms. The molecule has 1 aromatic rings. The molecule has 0 spiro atoms. The second-order valence-electron chi connectivity index (χ2n) is 4.86. The highest BCUT2D eigenvalue weighted by Crippen LogP contribution is 2.34. The van der Waals surface area contributed by atoms with E-state index >= 15 is 0 Å². The first-order valence-corrected chi connectivity index (χ1v) is 6.15. The summed E-state index contributed by atoms with van der Waals surface area (Å²) in [6, 6.07) is 5.93. The molecule has 1 fully saturated rings. The van der Waals surface area contributed by atoms with Crippen LogP contribution in [0.5, 0.6) is 5.75 Å². The van der Waals surface area contributed by atoms with E-state index in [-0.39, 0.29) is 12.7 Å². The molecule has 1 N–H and O–H groups in total. The SMILES string of the molecule is COc1cc(C2COC(C)(C)O2)ccc1CCO. The van der Waals surface area contributed by atoms with Crippen LogP contribution in [0.2, 0.25) is 0 Å². The second kappa shape index (κ2) is 5.26. The van der Waals surface area contributed by atoms with Gasteiger partial charge in [-0.25, -0.2) is 0 Å². The zero-order chi connectivity index (χ0) is 13.2. The highest BCUT2D eigenvalue weighted by atomic mass is 16.7. The molecule has 0 aliphatic carbocycles. The van der Waals surface area contributed by atoms with E-state index < -0.39 is 5.79 Å². The maximum Gasteiger partial charge on any atom is 0.163 e. The minimum Gasteiger partial charge on any atom is -0.496 e. The molecule has 100 valence electrons. The normalized spacial score (nSPS) is 22.1. The lowest BCUT2D eigenvalue weighted by Gasteiger charge is -2.18.